The second-order valence-corrected chi connectivity index (χ2v) is 8.00. The van der Waals surface area contributed by atoms with Crippen LogP contribution in [0.5, 0.6) is 0 Å². The van der Waals surface area contributed by atoms with E-state index in [0.717, 1.165) is 5.56 Å². The van der Waals surface area contributed by atoms with Gasteiger partial charge in [-0.1, -0.05) is 30.7 Å². The number of benzene rings is 1. The highest BCUT2D eigenvalue weighted by Crippen LogP contribution is 2.54. The van der Waals surface area contributed by atoms with Crippen LogP contribution in [0.2, 0.25) is 5.02 Å². The first kappa shape index (κ1) is 15.8. The standard InChI is InChI=1S/C14H20ClNO3S/c1-3-19-9-14(16)12(13(14)20(17,18)4-2)10-6-5-7-11(15)8-10/h5-8,12-13H,3-4,9,16H2,1-2H3. The second-order valence-electron chi connectivity index (χ2n) is 5.15. The van der Waals surface area contributed by atoms with Crippen molar-refractivity contribution in [1.82, 2.24) is 0 Å². The van der Waals surface area contributed by atoms with Gasteiger partial charge in [0.25, 0.3) is 0 Å². The molecule has 1 saturated carbocycles. The third-order valence-corrected chi connectivity index (χ3v) is 6.38. The summed E-state index contributed by atoms with van der Waals surface area (Å²) in [5, 5.41) is -0.00850. The second kappa shape index (κ2) is 5.64. The molecular formula is C14H20ClNO3S. The minimum absolute atomic E-state index is 0.0831. The summed E-state index contributed by atoms with van der Waals surface area (Å²) < 4.78 is 29.9. The molecule has 0 aromatic heterocycles. The van der Waals surface area contributed by atoms with E-state index in [-0.39, 0.29) is 18.3 Å². The number of sulfone groups is 1. The number of rotatable bonds is 6. The van der Waals surface area contributed by atoms with Gasteiger partial charge in [-0.3, -0.25) is 0 Å². The molecule has 0 heterocycles. The monoisotopic (exact) mass is 317 g/mol. The smallest absolute Gasteiger partial charge is 0.155 e. The van der Waals surface area contributed by atoms with E-state index in [1.807, 2.05) is 19.1 Å². The average molecular weight is 318 g/mol. The number of halogens is 1. The fourth-order valence-electron chi connectivity index (χ4n) is 2.78. The van der Waals surface area contributed by atoms with Crippen LogP contribution in [0.4, 0.5) is 0 Å². The van der Waals surface area contributed by atoms with Crippen LogP contribution in [0.25, 0.3) is 0 Å². The van der Waals surface area contributed by atoms with E-state index in [9.17, 15) is 8.42 Å². The molecule has 1 fully saturated rings. The largest absolute Gasteiger partial charge is 0.380 e. The molecule has 20 heavy (non-hydrogen) atoms. The van der Waals surface area contributed by atoms with Crippen molar-refractivity contribution in [3.8, 4) is 0 Å². The number of hydrogen-bond donors (Lipinski definition) is 1. The molecule has 0 spiro atoms. The van der Waals surface area contributed by atoms with E-state index < -0.39 is 20.6 Å². The first-order valence-electron chi connectivity index (χ1n) is 6.70. The predicted molar refractivity (Wildman–Crippen MR) is 80.9 cm³/mol. The van der Waals surface area contributed by atoms with Crippen LogP contribution in [0, 0.1) is 0 Å². The molecule has 0 saturated heterocycles. The van der Waals surface area contributed by atoms with Gasteiger partial charge in [0.05, 0.1) is 17.4 Å². The number of ether oxygens (including phenoxy) is 1. The normalized spacial score (nSPS) is 29.4. The van der Waals surface area contributed by atoms with E-state index >= 15 is 0 Å². The molecule has 0 radical (unpaired) electrons. The third kappa shape index (κ3) is 2.72. The van der Waals surface area contributed by atoms with E-state index in [1.54, 1.807) is 19.1 Å². The van der Waals surface area contributed by atoms with Crippen molar-refractivity contribution >= 4 is 21.4 Å². The van der Waals surface area contributed by atoms with E-state index in [4.69, 9.17) is 22.1 Å². The molecule has 3 atom stereocenters. The zero-order valence-corrected chi connectivity index (χ0v) is 13.2. The zero-order valence-electron chi connectivity index (χ0n) is 11.7. The van der Waals surface area contributed by atoms with Crippen molar-refractivity contribution in [3.63, 3.8) is 0 Å². The molecule has 6 heteroatoms. The first-order valence-corrected chi connectivity index (χ1v) is 8.79. The Hall–Kier alpha value is -0.620. The molecular weight excluding hydrogens is 298 g/mol. The lowest BCUT2D eigenvalue weighted by Crippen LogP contribution is -2.36. The van der Waals surface area contributed by atoms with Gasteiger partial charge in [0.15, 0.2) is 9.84 Å². The molecule has 1 aliphatic rings. The van der Waals surface area contributed by atoms with Gasteiger partial charge in [0, 0.05) is 23.3 Å². The zero-order chi connectivity index (χ0) is 15.0. The summed E-state index contributed by atoms with van der Waals surface area (Å²) in [4.78, 5) is 0. The van der Waals surface area contributed by atoms with Crippen LogP contribution in [0.15, 0.2) is 24.3 Å². The van der Waals surface area contributed by atoms with Crippen LogP contribution in [-0.2, 0) is 14.6 Å². The summed E-state index contributed by atoms with van der Waals surface area (Å²) in [5.41, 5.74) is 6.33. The van der Waals surface area contributed by atoms with Crippen LogP contribution in [-0.4, -0.2) is 38.2 Å². The lowest BCUT2D eigenvalue weighted by molar-refractivity contribution is 0.125. The van der Waals surface area contributed by atoms with Crippen molar-refractivity contribution in [1.29, 1.82) is 0 Å². The van der Waals surface area contributed by atoms with Crippen molar-refractivity contribution < 1.29 is 13.2 Å². The molecule has 1 aromatic carbocycles. The number of nitrogens with two attached hydrogens (primary N) is 1. The summed E-state index contributed by atoms with van der Waals surface area (Å²) in [6, 6.07) is 7.23. The summed E-state index contributed by atoms with van der Waals surface area (Å²) in [7, 11) is -3.22. The number of hydrogen-bond acceptors (Lipinski definition) is 4. The molecule has 0 aliphatic heterocycles. The summed E-state index contributed by atoms with van der Waals surface area (Å²) in [6.07, 6.45) is 0. The highest BCUT2D eigenvalue weighted by Gasteiger charge is 2.68. The Morgan fingerprint density at radius 2 is 2.10 bits per heavy atom. The Bertz CT molecular complexity index is 590. The maximum atomic E-state index is 12.2. The molecule has 0 amide bonds. The van der Waals surface area contributed by atoms with Gasteiger partial charge in [0.2, 0.25) is 0 Å². The maximum absolute atomic E-state index is 12.2. The molecule has 112 valence electrons. The van der Waals surface area contributed by atoms with Crippen molar-refractivity contribution in [2.75, 3.05) is 19.0 Å². The molecule has 1 aromatic rings. The Balaban J connectivity index is 2.35. The van der Waals surface area contributed by atoms with Crippen molar-refractivity contribution in [2.24, 2.45) is 5.73 Å². The lowest BCUT2D eigenvalue weighted by atomic mass is 10.1. The van der Waals surface area contributed by atoms with Gasteiger partial charge >= 0.3 is 0 Å². The molecule has 0 bridgehead atoms. The summed E-state index contributed by atoms with van der Waals surface area (Å²) in [6.45, 7) is 4.26. The highest BCUT2D eigenvalue weighted by molar-refractivity contribution is 7.92. The summed E-state index contributed by atoms with van der Waals surface area (Å²) in [5.74, 6) is -0.169. The highest BCUT2D eigenvalue weighted by atomic mass is 35.5. The van der Waals surface area contributed by atoms with Gasteiger partial charge in [-0.2, -0.15) is 0 Å². The van der Waals surface area contributed by atoms with Crippen LogP contribution in [0.3, 0.4) is 0 Å². The molecule has 4 nitrogen and oxygen atoms in total. The maximum Gasteiger partial charge on any atom is 0.155 e. The SMILES string of the molecule is CCOCC1(N)C(c2cccc(Cl)c2)C1S(=O)(=O)CC. The fraction of sp³-hybridized carbons (Fsp3) is 0.571. The minimum atomic E-state index is -3.22. The topological polar surface area (TPSA) is 69.4 Å². The lowest BCUT2D eigenvalue weighted by Gasteiger charge is -2.12. The van der Waals surface area contributed by atoms with Crippen LogP contribution >= 0.6 is 11.6 Å². The molecule has 2 N–H and O–H groups in total. The first-order chi connectivity index (χ1) is 9.36. The van der Waals surface area contributed by atoms with Crippen LogP contribution in [0.1, 0.15) is 25.3 Å². The third-order valence-electron chi connectivity index (χ3n) is 3.86. The minimum Gasteiger partial charge on any atom is -0.380 e. The van der Waals surface area contributed by atoms with E-state index in [0.29, 0.717) is 11.6 Å². The molecule has 3 unspecified atom stereocenters. The van der Waals surface area contributed by atoms with Gasteiger partial charge in [-0.05, 0) is 24.6 Å². The summed E-state index contributed by atoms with van der Waals surface area (Å²) >= 11 is 5.99. The van der Waals surface area contributed by atoms with Crippen molar-refractivity contribution in [2.45, 2.75) is 30.6 Å². The van der Waals surface area contributed by atoms with Gasteiger partial charge < -0.3 is 10.5 Å². The Kier molecular flexibility index (Phi) is 4.44. The fourth-order valence-corrected chi connectivity index (χ4v) is 4.97. The Labute approximate surface area is 125 Å². The Morgan fingerprint density at radius 1 is 1.40 bits per heavy atom. The van der Waals surface area contributed by atoms with E-state index in [1.165, 1.54) is 0 Å². The average Bonchev–Trinajstić information content (AvgIpc) is 3.04. The molecule has 1 aliphatic carbocycles. The van der Waals surface area contributed by atoms with E-state index in [2.05, 4.69) is 0 Å². The predicted octanol–water partition coefficient (Wildman–Crippen LogP) is 1.97. The quantitative estimate of drug-likeness (QED) is 0.871. The van der Waals surface area contributed by atoms with Crippen molar-refractivity contribution in [3.05, 3.63) is 34.9 Å². The van der Waals surface area contributed by atoms with Crippen LogP contribution < -0.4 is 5.73 Å². The van der Waals surface area contributed by atoms with Gasteiger partial charge in [-0.25, -0.2) is 8.42 Å². The van der Waals surface area contributed by atoms with Gasteiger partial charge in [-0.15, -0.1) is 0 Å². The molecule has 2 rings (SSSR count). The van der Waals surface area contributed by atoms with Gasteiger partial charge in [0.1, 0.15) is 0 Å². The Morgan fingerprint density at radius 3 is 2.65 bits per heavy atom.